The van der Waals surface area contributed by atoms with Gasteiger partial charge in [0, 0.05) is 6.42 Å². The Morgan fingerprint density at radius 3 is 2.00 bits per heavy atom. The molecule has 0 atom stereocenters. The van der Waals surface area contributed by atoms with Gasteiger partial charge in [-0.15, -0.1) is 0 Å². The second kappa shape index (κ2) is 12.2. The van der Waals surface area contributed by atoms with E-state index in [1.165, 1.54) is 38.5 Å². The molecule has 0 spiro atoms. The highest BCUT2D eigenvalue weighted by molar-refractivity contribution is 6.71. The van der Waals surface area contributed by atoms with Crippen LogP contribution in [-0.4, -0.2) is 14.3 Å². The van der Waals surface area contributed by atoms with Crippen molar-refractivity contribution in [3.8, 4) is 0 Å². The molecule has 0 amide bonds. The van der Waals surface area contributed by atoms with Crippen molar-refractivity contribution in [3.63, 3.8) is 0 Å². The predicted molar refractivity (Wildman–Crippen MR) is 90.4 cm³/mol. The molecule has 118 valence electrons. The van der Waals surface area contributed by atoms with E-state index in [1.807, 2.05) is 19.6 Å². The van der Waals surface area contributed by atoms with Crippen molar-refractivity contribution in [2.24, 2.45) is 0 Å². The Labute approximate surface area is 127 Å². The average Bonchev–Trinajstić information content (AvgIpc) is 2.34. The molecule has 0 saturated carbocycles. The Hall–Kier alpha value is -0.573. The predicted octanol–water partition coefficient (Wildman–Crippen LogP) is 5.84. The van der Waals surface area contributed by atoms with E-state index in [0.29, 0.717) is 6.42 Å². The van der Waals surface area contributed by atoms with E-state index in [2.05, 4.69) is 19.1 Å². The third-order valence-electron chi connectivity index (χ3n) is 3.06. The van der Waals surface area contributed by atoms with Gasteiger partial charge in [-0.3, -0.25) is 4.79 Å². The van der Waals surface area contributed by atoms with Crippen LogP contribution in [0.15, 0.2) is 12.2 Å². The molecular weight excluding hydrogens is 264 g/mol. The SMILES string of the molecule is CCCCCCC/C=C/CCCCC(=O)O[Si](C)(C)C. The van der Waals surface area contributed by atoms with E-state index in [4.69, 9.17) is 4.43 Å². The first-order chi connectivity index (χ1) is 9.45. The summed E-state index contributed by atoms with van der Waals surface area (Å²) in [5.41, 5.74) is 0. The smallest absolute Gasteiger partial charge is 0.292 e. The van der Waals surface area contributed by atoms with Gasteiger partial charge in [0.15, 0.2) is 0 Å². The minimum absolute atomic E-state index is 0.0101. The van der Waals surface area contributed by atoms with Crippen molar-refractivity contribution in [1.29, 1.82) is 0 Å². The Morgan fingerprint density at radius 2 is 1.45 bits per heavy atom. The molecular formula is C17H34O2Si. The molecule has 0 N–H and O–H groups in total. The fourth-order valence-corrected chi connectivity index (χ4v) is 2.81. The minimum atomic E-state index is -1.68. The molecule has 0 aliphatic carbocycles. The van der Waals surface area contributed by atoms with Crippen LogP contribution in [0.5, 0.6) is 0 Å². The molecule has 0 aromatic heterocycles. The van der Waals surface area contributed by atoms with E-state index in [1.54, 1.807) is 0 Å². The third-order valence-corrected chi connectivity index (χ3v) is 3.90. The van der Waals surface area contributed by atoms with Crippen LogP contribution in [0.25, 0.3) is 0 Å². The monoisotopic (exact) mass is 298 g/mol. The molecule has 0 rings (SSSR count). The summed E-state index contributed by atoms with van der Waals surface area (Å²) >= 11 is 0. The molecule has 0 fully saturated rings. The van der Waals surface area contributed by atoms with E-state index in [9.17, 15) is 4.79 Å². The second-order valence-corrected chi connectivity index (χ2v) is 10.9. The molecule has 0 aromatic carbocycles. The molecule has 0 unspecified atom stereocenters. The van der Waals surface area contributed by atoms with Crippen molar-refractivity contribution >= 4 is 14.3 Å². The summed E-state index contributed by atoms with van der Waals surface area (Å²) in [7, 11) is -1.68. The van der Waals surface area contributed by atoms with Gasteiger partial charge in [0.25, 0.3) is 5.97 Å². The van der Waals surface area contributed by atoms with Gasteiger partial charge < -0.3 is 4.43 Å². The van der Waals surface area contributed by atoms with E-state index >= 15 is 0 Å². The Bertz CT molecular complexity index is 267. The maximum absolute atomic E-state index is 11.5. The zero-order valence-corrected chi connectivity index (χ0v) is 15.0. The summed E-state index contributed by atoms with van der Waals surface area (Å²) in [6, 6.07) is 0. The third kappa shape index (κ3) is 15.5. The lowest BCUT2D eigenvalue weighted by molar-refractivity contribution is -0.135. The average molecular weight is 299 g/mol. The molecule has 0 radical (unpaired) electrons. The van der Waals surface area contributed by atoms with E-state index in [-0.39, 0.29) is 5.97 Å². The van der Waals surface area contributed by atoms with Crippen LogP contribution >= 0.6 is 0 Å². The molecule has 3 heteroatoms. The van der Waals surface area contributed by atoms with Crippen molar-refractivity contribution in [3.05, 3.63) is 12.2 Å². The van der Waals surface area contributed by atoms with Crippen LogP contribution in [0.2, 0.25) is 19.6 Å². The van der Waals surface area contributed by atoms with Crippen LogP contribution < -0.4 is 0 Å². The van der Waals surface area contributed by atoms with Crippen molar-refractivity contribution < 1.29 is 9.22 Å². The zero-order chi connectivity index (χ0) is 15.3. The van der Waals surface area contributed by atoms with Crippen molar-refractivity contribution in [2.45, 2.75) is 90.8 Å². The molecule has 2 nitrogen and oxygen atoms in total. The Morgan fingerprint density at radius 1 is 0.900 bits per heavy atom. The molecule has 0 heterocycles. The summed E-state index contributed by atoms with van der Waals surface area (Å²) in [6.45, 7) is 8.40. The quantitative estimate of drug-likeness (QED) is 0.257. The summed E-state index contributed by atoms with van der Waals surface area (Å²) in [5.74, 6) is -0.0101. The highest BCUT2D eigenvalue weighted by atomic mass is 28.4. The maximum Gasteiger partial charge on any atom is 0.292 e. The number of allylic oxidation sites excluding steroid dienone is 2. The summed E-state index contributed by atoms with van der Waals surface area (Å²) in [5, 5.41) is 0. The number of rotatable bonds is 12. The highest BCUT2D eigenvalue weighted by Gasteiger charge is 2.19. The normalized spacial score (nSPS) is 12.0. The number of unbranched alkanes of at least 4 members (excludes halogenated alkanes) is 7. The summed E-state index contributed by atoms with van der Waals surface area (Å²) in [4.78, 5) is 11.5. The van der Waals surface area contributed by atoms with Crippen LogP contribution in [0.3, 0.4) is 0 Å². The number of carbonyl (C=O) groups is 1. The number of carbonyl (C=O) groups excluding carboxylic acids is 1. The van der Waals surface area contributed by atoms with E-state index in [0.717, 1.165) is 19.3 Å². The highest BCUT2D eigenvalue weighted by Crippen LogP contribution is 2.09. The van der Waals surface area contributed by atoms with Gasteiger partial charge >= 0.3 is 0 Å². The van der Waals surface area contributed by atoms with Gasteiger partial charge in [0.1, 0.15) is 0 Å². The lowest BCUT2D eigenvalue weighted by Gasteiger charge is -2.16. The topological polar surface area (TPSA) is 26.3 Å². The molecule has 0 aliphatic rings. The first-order valence-corrected chi connectivity index (χ1v) is 11.7. The van der Waals surface area contributed by atoms with Crippen LogP contribution in [0, 0.1) is 0 Å². The number of hydrogen-bond acceptors (Lipinski definition) is 2. The molecule has 0 aromatic rings. The van der Waals surface area contributed by atoms with E-state index < -0.39 is 8.32 Å². The molecule has 0 bridgehead atoms. The van der Waals surface area contributed by atoms with Gasteiger partial charge in [-0.1, -0.05) is 44.8 Å². The number of hydrogen-bond donors (Lipinski definition) is 0. The molecule has 0 aliphatic heterocycles. The van der Waals surface area contributed by atoms with Crippen LogP contribution in [0.4, 0.5) is 0 Å². The minimum Gasteiger partial charge on any atom is -0.520 e. The second-order valence-electron chi connectivity index (χ2n) is 6.51. The summed E-state index contributed by atoms with van der Waals surface area (Å²) < 4.78 is 5.41. The van der Waals surface area contributed by atoms with Gasteiger partial charge in [-0.05, 0) is 51.7 Å². The fraction of sp³-hybridized carbons (Fsp3) is 0.824. The Kier molecular flexibility index (Phi) is 11.8. The lowest BCUT2D eigenvalue weighted by atomic mass is 10.1. The molecule has 0 saturated heterocycles. The van der Waals surface area contributed by atoms with Crippen LogP contribution in [-0.2, 0) is 9.22 Å². The maximum atomic E-state index is 11.5. The van der Waals surface area contributed by atoms with Crippen LogP contribution in [0.1, 0.15) is 71.1 Å². The summed E-state index contributed by atoms with van der Waals surface area (Å²) in [6.07, 6.45) is 16.2. The first kappa shape index (κ1) is 19.4. The largest absolute Gasteiger partial charge is 0.520 e. The zero-order valence-electron chi connectivity index (χ0n) is 14.0. The standard InChI is InChI=1S/C17H34O2Si/c1-5-6-7-8-9-10-11-12-13-14-15-16-17(18)19-20(2,3)4/h11-12H,5-10,13-16H2,1-4H3/b12-11+. The van der Waals surface area contributed by atoms with Gasteiger partial charge in [-0.25, -0.2) is 0 Å². The van der Waals surface area contributed by atoms with Crippen molar-refractivity contribution in [1.82, 2.24) is 0 Å². The lowest BCUT2D eigenvalue weighted by Crippen LogP contribution is -2.28. The van der Waals surface area contributed by atoms with Gasteiger partial charge in [0.2, 0.25) is 8.32 Å². The van der Waals surface area contributed by atoms with Gasteiger partial charge in [0.05, 0.1) is 0 Å². The Balaban J connectivity index is 3.33. The first-order valence-electron chi connectivity index (χ1n) is 8.32. The van der Waals surface area contributed by atoms with Gasteiger partial charge in [-0.2, -0.15) is 0 Å². The molecule has 20 heavy (non-hydrogen) atoms. The fourth-order valence-electron chi connectivity index (χ4n) is 2.03. The van der Waals surface area contributed by atoms with Crippen molar-refractivity contribution in [2.75, 3.05) is 0 Å².